The summed E-state index contributed by atoms with van der Waals surface area (Å²) in [5.74, 6) is 0.403. The maximum absolute atomic E-state index is 14.2. The molecule has 0 bridgehead atoms. The van der Waals surface area contributed by atoms with Crippen molar-refractivity contribution in [3.63, 3.8) is 0 Å². The Morgan fingerprint density at radius 1 is 0.895 bits per heavy atom. The summed E-state index contributed by atoms with van der Waals surface area (Å²) in [7, 11) is 0. The Bertz CT molecular complexity index is 2550. The number of amides is 1. The second-order valence-electron chi connectivity index (χ2n) is 14.8. The molecule has 4 fully saturated rings. The topological polar surface area (TPSA) is 128 Å². The van der Waals surface area contributed by atoms with Gasteiger partial charge >= 0.3 is 6.61 Å². The lowest BCUT2D eigenvalue weighted by Crippen LogP contribution is -2.48. The molecule has 0 radical (unpaired) electrons. The summed E-state index contributed by atoms with van der Waals surface area (Å²) in [6, 6.07) is 17.4. The van der Waals surface area contributed by atoms with Crippen molar-refractivity contribution in [2.75, 3.05) is 62.2 Å². The molecular weight excluding hydrogens is 740 g/mol. The van der Waals surface area contributed by atoms with Crippen LogP contribution in [-0.4, -0.2) is 90.9 Å². The molecule has 1 amide bonds. The number of nitrogens with zero attached hydrogens (tertiary/aromatic N) is 7. The Balaban J connectivity index is 0.802. The molecule has 2 unspecified atom stereocenters. The number of nitriles is 1. The number of carbonyl (C=O) groups is 1. The number of halogens is 3. The zero-order valence-electron chi connectivity index (χ0n) is 30.6. The highest BCUT2D eigenvalue weighted by molar-refractivity contribution is 6.04. The first kappa shape index (κ1) is 35.3. The third-order valence-electron chi connectivity index (χ3n) is 11.4. The fraction of sp³-hybridized carbons (Fsp3) is 0.333. The largest absolute Gasteiger partial charge is 0.464 e. The molecule has 4 aliphatic rings. The van der Waals surface area contributed by atoms with Crippen molar-refractivity contribution in [3.8, 4) is 23.1 Å². The summed E-state index contributed by atoms with van der Waals surface area (Å²) in [5, 5.41) is 11.1. The van der Waals surface area contributed by atoms with Gasteiger partial charge in [-0.2, -0.15) is 14.0 Å². The lowest BCUT2D eigenvalue weighted by Gasteiger charge is -2.36. The van der Waals surface area contributed by atoms with Gasteiger partial charge in [-0.3, -0.25) is 19.7 Å². The van der Waals surface area contributed by atoms with Crippen molar-refractivity contribution in [1.29, 1.82) is 5.26 Å². The van der Waals surface area contributed by atoms with Crippen LogP contribution in [0.5, 0.6) is 5.75 Å². The molecule has 4 aromatic heterocycles. The molecule has 15 heteroatoms. The average Bonchev–Trinajstić information content (AvgIpc) is 4.14. The highest BCUT2D eigenvalue weighted by atomic mass is 19.3. The molecule has 7 heterocycles. The van der Waals surface area contributed by atoms with Gasteiger partial charge in [-0.05, 0) is 49.2 Å². The molecular formula is C42H36F3N7O5. The number of ether oxygens (including phenoxy) is 2. The number of aromatic nitrogens is 2. The number of carbonyl (C=O) groups excluding carboxylic acids is 1. The van der Waals surface area contributed by atoms with Crippen LogP contribution < -0.4 is 14.5 Å². The lowest BCUT2D eigenvalue weighted by molar-refractivity contribution is -0.0499. The van der Waals surface area contributed by atoms with Gasteiger partial charge in [-0.25, -0.2) is 4.39 Å². The smallest absolute Gasteiger partial charge is 0.387 e. The zero-order chi connectivity index (χ0) is 38.8. The standard InChI is InChI=1S/C42H36F3N7O5/c43-26-18-28(20-29(19-26)55-42(44)45)50-10-14-52(15-11-50)41-39(57-41)33-23-48-36(31-6-16-54-37(31)33)30-4-3-27(17-25(30)22-46)49-8-12-51(13-9-49)40(53)32-5-7-47-34-21-35(24-1-2-24)56-38(32)34/h3-7,16-21,23-24,39,41-42H,1-2,8-15H2. The normalized spacial score (nSPS) is 20.1. The number of anilines is 2. The molecule has 2 atom stereocenters. The third kappa shape index (κ3) is 6.68. The van der Waals surface area contributed by atoms with Gasteiger partial charge in [-0.1, -0.05) is 0 Å². The van der Waals surface area contributed by atoms with Gasteiger partial charge in [0.25, 0.3) is 5.91 Å². The van der Waals surface area contributed by atoms with E-state index in [2.05, 4.69) is 25.6 Å². The number of rotatable bonds is 9. The number of piperazine rings is 2. The van der Waals surface area contributed by atoms with Crippen LogP contribution in [0.25, 0.3) is 33.3 Å². The molecule has 3 aliphatic heterocycles. The summed E-state index contributed by atoms with van der Waals surface area (Å²) >= 11 is 0. The van der Waals surface area contributed by atoms with Gasteiger partial charge in [0, 0.05) is 117 Å². The van der Waals surface area contributed by atoms with E-state index in [1.165, 1.54) is 12.1 Å². The monoisotopic (exact) mass is 775 g/mol. The van der Waals surface area contributed by atoms with Crippen molar-refractivity contribution < 1.29 is 36.3 Å². The van der Waals surface area contributed by atoms with Gasteiger partial charge in [0.2, 0.25) is 0 Å². The van der Waals surface area contributed by atoms with E-state index in [1.807, 2.05) is 40.1 Å². The Hall–Kier alpha value is -6.11. The van der Waals surface area contributed by atoms with Crippen LogP contribution in [-0.2, 0) is 4.74 Å². The van der Waals surface area contributed by atoms with Crippen molar-refractivity contribution in [1.82, 2.24) is 19.8 Å². The van der Waals surface area contributed by atoms with Crippen molar-refractivity contribution in [2.45, 2.75) is 37.7 Å². The molecule has 3 saturated heterocycles. The summed E-state index contributed by atoms with van der Waals surface area (Å²) < 4.78 is 62.3. The number of hydrogen-bond acceptors (Lipinski definition) is 11. The SMILES string of the molecule is N#Cc1cc(N2CCN(C(=O)c3ccnc4cc(C5CC5)oc34)CC2)ccc1-c1ncc(C2OC2N2CCN(c3cc(F)cc(OC(F)F)c3)CC2)c2occc12. The van der Waals surface area contributed by atoms with Crippen molar-refractivity contribution in [2.24, 2.45) is 0 Å². The highest BCUT2D eigenvalue weighted by Crippen LogP contribution is 2.46. The molecule has 12 nitrogen and oxygen atoms in total. The van der Waals surface area contributed by atoms with Gasteiger partial charge in [0.05, 0.1) is 29.2 Å². The highest BCUT2D eigenvalue weighted by Gasteiger charge is 2.47. The van der Waals surface area contributed by atoms with Gasteiger partial charge in [-0.15, -0.1) is 0 Å². The Labute approximate surface area is 324 Å². The second kappa shape index (κ2) is 14.1. The van der Waals surface area contributed by atoms with E-state index in [9.17, 15) is 23.2 Å². The van der Waals surface area contributed by atoms with E-state index in [4.69, 9.17) is 18.6 Å². The number of furan rings is 2. The van der Waals surface area contributed by atoms with Gasteiger partial charge in [0.15, 0.2) is 5.58 Å². The minimum absolute atomic E-state index is 0.0717. The maximum atomic E-state index is 14.2. The molecule has 6 aromatic rings. The minimum Gasteiger partial charge on any atom is -0.464 e. The Morgan fingerprint density at radius 2 is 1.68 bits per heavy atom. The quantitative estimate of drug-likeness (QED) is 0.137. The maximum Gasteiger partial charge on any atom is 0.387 e. The van der Waals surface area contributed by atoms with Crippen molar-refractivity contribution >= 4 is 39.4 Å². The van der Waals surface area contributed by atoms with Crippen LogP contribution in [0.3, 0.4) is 0 Å². The molecule has 0 spiro atoms. The summed E-state index contributed by atoms with van der Waals surface area (Å²) in [6.45, 7) is 1.52. The predicted molar refractivity (Wildman–Crippen MR) is 203 cm³/mol. The summed E-state index contributed by atoms with van der Waals surface area (Å²) in [6.07, 6.45) is 6.74. The first-order valence-electron chi connectivity index (χ1n) is 19.0. The average molecular weight is 776 g/mol. The van der Waals surface area contributed by atoms with Gasteiger partial charge in [0.1, 0.15) is 40.8 Å². The van der Waals surface area contributed by atoms with E-state index in [0.717, 1.165) is 41.3 Å². The molecule has 0 N–H and O–H groups in total. The number of fused-ring (bicyclic) bond motifs is 2. The lowest BCUT2D eigenvalue weighted by atomic mass is 9.99. The fourth-order valence-corrected chi connectivity index (χ4v) is 8.20. The molecule has 290 valence electrons. The second-order valence-corrected chi connectivity index (χ2v) is 14.8. The predicted octanol–water partition coefficient (Wildman–Crippen LogP) is 7.31. The first-order chi connectivity index (χ1) is 27.8. The molecule has 1 aliphatic carbocycles. The summed E-state index contributed by atoms with van der Waals surface area (Å²) in [5.41, 5.74) is 6.40. The number of alkyl halides is 2. The zero-order valence-corrected chi connectivity index (χ0v) is 30.6. The molecule has 57 heavy (non-hydrogen) atoms. The third-order valence-corrected chi connectivity index (χ3v) is 11.4. The van der Waals surface area contributed by atoms with E-state index in [-0.39, 0.29) is 24.0 Å². The van der Waals surface area contributed by atoms with Crippen LogP contribution in [0, 0.1) is 17.1 Å². The number of benzene rings is 2. The molecule has 10 rings (SSSR count). The van der Waals surface area contributed by atoms with Crippen LogP contribution in [0.4, 0.5) is 24.5 Å². The van der Waals surface area contributed by atoms with E-state index >= 15 is 0 Å². The van der Waals surface area contributed by atoms with Crippen LogP contribution in [0.1, 0.15) is 52.1 Å². The first-order valence-corrected chi connectivity index (χ1v) is 19.0. The number of pyridine rings is 2. The molecule has 1 saturated carbocycles. The minimum atomic E-state index is -3.04. The van der Waals surface area contributed by atoms with Crippen LogP contribution in [0.15, 0.2) is 82.1 Å². The van der Waals surface area contributed by atoms with Crippen LogP contribution in [0.2, 0.25) is 0 Å². The Morgan fingerprint density at radius 3 is 2.46 bits per heavy atom. The number of epoxide rings is 1. The Kier molecular flexibility index (Phi) is 8.75. The number of hydrogen-bond donors (Lipinski definition) is 0. The molecule has 2 aromatic carbocycles. The fourth-order valence-electron chi connectivity index (χ4n) is 8.20. The van der Waals surface area contributed by atoms with E-state index in [0.29, 0.717) is 103 Å². The van der Waals surface area contributed by atoms with Crippen molar-refractivity contribution in [3.05, 3.63) is 102 Å². The van der Waals surface area contributed by atoms with Gasteiger partial charge < -0.3 is 33.0 Å². The van der Waals surface area contributed by atoms with E-state index in [1.54, 1.807) is 24.7 Å². The summed E-state index contributed by atoms with van der Waals surface area (Å²) in [4.78, 5) is 31.0. The van der Waals surface area contributed by atoms with E-state index < -0.39 is 12.4 Å². The van der Waals surface area contributed by atoms with Crippen LogP contribution >= 0.6 is 0 Å².